The van der Waals surface area contributed by atoms with Crippen LogP contribution in [0.15, 0.2) is 53.7 Å². The highest BCUT2D eigenvalue weighted by Crippen LogP contribution is 2.21. The fraction of sp³-hybridized carbons (Fsp3) is 0.368. The zero-order valence-electron chi connectivity index (χ0n) is 14.8. The molecule has 2 aromatic rings. The van der Waals surface area contributed by atoms with E-state index in [0.717, 1.165) is 24.8 Å². The largest absolute Gasteiger partial charge is 0.345 e. The molecule has 1 aromatic carbocycles. The molecule has 26 heavy (non-hydrogen) atoms. The van der Waals surface area contributed by atoms with E-state index in [2.05, 4.69) is 10.3 Å². The van der Waals surface area contributed by atoms with E-state index >= 15 is 0 Å². The highest BCUT2D eigenvalue weighted by Gasteiger charge is 2.26. The molecule has 1 aliphatic heterocycles. The number of pyridine rings is 1. The van der Waals surface area contributed by atoms with Crippen LogP contribution in [0, 0.1) is 0 Å². The molecule has 1 saturated heterocycles. The van der Waals surface area contributed by atoms with Gasteiger partial charge in [-0.3, -0.25) is 9.78 Å². The summed E-state index contributed by atoms with van der Waals surface area (Å²) in [6, 6.07) is 9.71. The van der Waals surface area contributed by atoms with Gasteiger partial charge in [0.15, 0.2) is 0 Å². The van der Waals surface area contributed by atoms with Crippen molar-refractivity contribution in [3.63, 3.8) is 0 Å². The number of amides is 1. The van der Waals surface area contributed by atoms with Gasteiger partial charge in [0.1, 0.15) is 0 Å². The highest BCUT2D eigenvalue weighted by molar-refractivity contribution is 7.89. The first kappa shape index (κ1) is 18.5. The molecule has 0 saturated carbocycles. The third-order valence-corrected chi connectivity index (χ3v) is 6.48. The topological polar surface area (TPSA) is 79.4 Å². The molecule has 1 aromatic heterocycles. The summed E-state index contributed by atoms with van der Waals surface area (Å²) in [4.78, 5) is 16.8. The minimum absolute atomic E-state index is 0.168. The van der Waals surface area contributed by atoms with E-state index in [4.69, 9.17) is 0 Å². The number of benzene rings is 1. The van der Waals surface area contributed by atoms with Crippen LogP contribution in [0.5, 0.6) is 0 Å². The van der Waals surface area contributed by atoms with Crippen molar-refractivity contribution in [2.24, 2.45) is 0 Å². The van der Waals surface area contributed by atoms with E-state index in [1.807, 2.05) is 19.1 Å². The fourth-order valence-corrected chi connectivity index (χ4v) is 4.61. The van der Waals surface area contributed by atoms with Gasteiger partial charge < -0.3 is 5.32 Å². The second kappa shape index (κ2) is 7.97. The molecule has 1 unspecified atom stereocenters. The van der Waals surface area contributed by atoms with Crippen LogP contribution in [0.4, 0.5) is 0 Å². The Hall–Kier alpha value is -2.25. The molecule has 138 valence electrons. The number of nitrogens with zero attached hydrogens (tertiary/aromatic N) is 2. The number of carbonyl (C=O) groups is 1. The Morgan fingerprint density at radius 1 is 1.15 bits per heavy atom. The van der Waals surface area contributed by atoms with Gasteiger partial charge in [-0.25, -0.2) is 8.42 Å². The molecule has 6 nitrogen and oxygen atoms in total. The summed E-state index contributed by atoms with van der Waals surface area (Å²) in [7, 11) is -3.56. The number of piperidine rings is 1. The normalized spacial score (nSPS) is 16.8. The summed E-state index contributed by atoms with van der Waals surface area (Å²) in [5.74, 6) is -0.308. The molecule has 2 heterocycles. The maximum atomic E-state index is 12.8. The molecular formula is C19H23N3O3S. The monoisotopic (exact) mass is 373 g/mol. The van der Waals surface area contributed by atoms with Crippen LogP contribution in [0.1, 0.15) is 48.1 Å². The number of hydrogen-bond acceptors (Lipinski definition) is 4. The Kier molecular flexibility index (Phi) is 5.68. The summed E-state index contributed by atoms with van der Waals surface area (Å²) < 4.78 is 27.1. The SMILES string of the molecule is CC(NC(=O)c1cccc(S(=O)(=O)N2CCCCC2)c1)c1cccnc1. The first-order chi connectivity index (χ1) is 12.5. The average Bonchev–Trinajstić information content (AvgIpc) is 2.69. The summed E-state index contributed by atoms with van der Waals surface area (Å²) in [5, 5.41) is 2.88. The van der Waals surface area contributed by atoms with E-state index in [9.17, 15) is 13.2 Å². The van der Waals surface area contributed by atoms with Gasteiger partial charge in [-0.1, -0.05) is 18.6 Å². The number of carbonyl (C=O) groups excluding carboxylic acids is 1. The van der Waals surface area contributed by atoms with Crippen molar-refractivity contribution in [1.29, 1.82) is 0 Å². The predicted octanol–water partition coefficient (Wildman–Crippen LogP) is 2.75. The lowest BCUT2D eigenvalue weighted by atomic mass is 10.1. The van der Waals surface area contributed by atoms with Crippen LogP contribution in [0.25, 0.3) is 0 Å². The van der Waals surface area contributed by atoms with Gasteiger partial charge in [0.2, 0.25) is 10.0 Å². The van der Waals surface area contributed by atoms with E-state index in [1.54, 1.807) is 30.6 Å². The Morgan fingerprint density at radius 2 is 1.92 bits per heavy atom. The van der Waals surface area contributed by atoms with Crippen LogP contribution in [-0.4, -0.2) is 36.7 Å². The highest BCUT2D eigenvalue weighted by atomic mass is 32.2. The Morgan fingerprint density at radius 3 is 2.62 bits per heavy atom. The Bertz CT molecular complexity index is 863. The van der Waals surface area contributed by atoms with Crippen LogP contribution >= 0.6 is 0 Å². The zero-order valence-corrected chi connectivity index (χ0v) is 15.6. The van der Waals surface area contributed by atoms with Gasteiger partial charge in [0.05, 0.1) is 10.9 Å². The molecule has 1 aliphatic rings. The molecule has 0 aliphatic carbocycles. The van der Waals surface area contributed by atoms with Gasteiger partial charge in [-0.2, -0.15) is 4.31 Å². The first-order valence-corrected chi connectivity index (χ1v) is 10.2. The van der Waals surface area contributed by atoms with Crippen LogP contribution < -0.4 is 5.32 Å². The van der Waals surface area contributed by atoms with Crippen molar-refractivity contribution in [1.82, 2.24) is 14.6 Å². The lowest BCUT2D eigenvalue weighted by molar-refractivity contribution is 0.0939. The Balaban J connectivity index is 1.77. The smallest absolute Gasteiger partial charge is 0.251 e. The van der Waals surface area contributed by atoms with Crippen LogP contribution in [0.3, 0.4) is 0 Å². The van der Waals surface area contributed by atoms with Crippen LogP contribution in [-0.2, 0) is 10.0 Å². The van der Waals surface area contributed by atoms with E-state index in [1.165, 1.54) is 10.4 Å². The zero-order chi connectivity index (χ0) is 18.6. The lowest BCUT2D eigenvalue weighted by Gasteiger charge is -2.26. The van der Waals surface area contributed by atoms with E-state index < -0.39 is 10.0 Å². The second-order valence-corrected chi connectivity index (χ2v) is 8.41. The summed E-state index contributed by atoms with van der Waals surface area (Å²) in [5.41, 5.74) is 1.22. The van der Waals surface area contributed by atoms with Crippen molar-refractivity contribution >= 4 is 15.9 Å². The first-order valence-electron chi connectivity index (χ1n) is 8.79. The minimum atomic E-state index is -3.56. The van der Waals surface area contributed by atoms with Crippen molar-refractivity contribution in [2.45, 2.75) is 37.1 Å². The minimum Gasteiger partial charge on any atom is -0.345 e. The third-order valence-electron chi connectivity index (χ3n) is 4.58. The molecule has 3 rings (SSSR count). The van der Waals surface area contributed by atoms with Gasteiger partial charge >= 0.3 is 0 Å². The molecule has 1 atom stereocenters. The number of hydrogen-bond donors (Lipinski definition) is 1. The fourth-order valence-electron chi connectivity index (χ4n) is 3.05. The van der Waals surface area contributed by atoms with Crippen LogP contribution in [0.2, 0.25) is 0 Å². The second-order valence-electron chi connectivity index (χ2n) is 6.47. The average molecular weight is 373 g/mol. The van der Waals surface area contributed by atoms with Crippen molar-refractivity contribution in [3.8, 4) is 0 Å². The Labute approximate surface area is 154 Å². The van der Waals surface area contributed by atoms with E-state index in [0.29, 0.717) is 18.7 Å². The summed E-state index contributed by atoms with van der Waals surface area (Å²) in [6.45, 7) is 2.94. The lowest BCUT2D eigenvalue weighted by Crippen LogP contribution is -2.35. The molecular weight excluding hydrogens is 350 g/mol. The standard InChI is InChI=1S/C19H23N3O3S/c1-15(17-8-6-10-20-14-17)21-19(23)16-7-5-9-18(13-16)26(24,25)22-11-3-2-4-12-22/h5-10,13-15H,2-4,11-12H2,1H3,(H,21,23). The molecule has 1 N–H and O–H groups in total. The number of sulfonamides is 1. The van der Waals surface area contributed by atoms with Gasteiger partial charge in [-0.15, -0.1) is 0 Å². The quantitative estimate of drug-likeness (QED) is 0.874. The molecule has 0 radical (unpaired) electrons. The molecule has 0 spiro atoms. The molecule has 0 bridgehead atoms. The van der Waals surface area contributed by atoms with E-state index in [-0.39, 0.29) is 16.8 Å². The maximum absolute atomic E-state index is 12.8. The summed E-state index contributed by atoms with van der Waals surface area (Å²) in [6.07, 6.45) is 6.18. The van der Waals surface area contributed by atoms with Crippen molar-refractivity contribution in [3.05, 3.63) is 59.9 Å². The maximum Gasteiger partial charge on any atom is 0.251 e. The van der Waals surface area contributed by atoms with Gasteiger partial charge in [-0.05, 0) is 49.6 Å². The van der Waals surface area contributed by atoms with Crippen molar-refractivity contribution in [2.75, 3.05) is 13.1 Å². The molecule has 7 heteroatoms. The van der Waals surface area contributed by atoms with Crippen molar-refractivity contribution < 1.29 is 13.2 Å². The number of aromatic nitrogens is 1. The predicted molar refractivity (Wildman–Crippen MR) is 99.2 cm³/mol. The number of nitrogens with one attached hydrogen (secondary N) is 1. The molecule has 1 fully saturated rings. The van der Waals surface area contributed by atoms with Gasteiger partial charge in [0.25, 0.3) is 5.91 Å². The number of rotatable bonds is 5. The third kappa shape index (κ3) is 4.11. The summed E-state index contributed by atoms with van der Waals surface area (Å²) >= 11 is 0. The van der Waals surface area contributed by atoms with Gasteiger partial charge in [0, 0.05) is 31.0 Å². The molecule has 1 amide bonds.